The van der Waals surface area contributed by atoms with Crippen LogP contribution in [0.1, 0.15) is 33.4 Å². The number of aromatic nitrogens is 2. The molecule has 4 nitrogen and oxygen atoms in total. The van der Waals surface area contributed by atoms with Crippen LogP contribution in [0.4, 0.5) is 5.13 Å². The zero-order chi connectivity index (χ0) is 15.6. The summed E-state index contributed by atoms with van der Waals surface area (Å²) in [4.78, 5) is 17.2. The molecule has 5 heteroatoms. The maximum absolute atomic E-state index is 12.7. The first-order chi connectivity index (χ1) is 9.88. The van der Waals surface area contributed by atoms with Gasteiger partial charge in [0, 0.05) is 23.7 Å². The summed E-state index contributed by atoms with van der Waals surface area (Å²) >= 11 is 1.54. The predicted octanol–water partition coefficient (Wildman–Crippen LogP) is 3.76. The third-order valence-electron chi connectivity index (χ3n) is 3.13. The van der Waals surface area contributed by atoms with Crippen LogP contribution in [0, 0.1) is 12.8 Å². The molecule has 0 bridgehead atoms. The van der Waals surface area contributed by atoms with E-state index in [1.54, 1.807) is 0 Å². The molecule has 0 aliphatic carbocycles. The summed E-state index contributed by atoms with van der Waals surface area (Å²) in [6.07, 6.45) is 0. The van der Waals surface area contributed by atoms with E-state index in [4.69, 9.17) is 0 Å². The quantitative estimate of drug-likeness (QED) is 0.915. The lowest BCUT2D eigenvalue weighted by molar-refractivity contribution is 0.503. The number of thiazole rings is 1. The number of pyridine rings is 1. The summed E-state index contributed by atoms with van der Waals surface area (Å²) < 4.78 is 1.84. The van der Waals surface area contributed by atoms with Crippen molar-refractivity contribution in [2.75, 3.05) is 5.32 Å². The number of nitrogens with zero attached hydrogens (tertiary/aromatic N) is 2. The van der Waals surface area contributed by atoms with E-state index in [0.29, 0.717) is 17.5 Å². The molecule has 0 aliphatic rings. The highest BCUT2D eigenvalue weighted by Crippen LogP contribution is 2.23. The number of hydrogen-bond acceptors (Lipinski definition) is 4. The molecule has 2 aromatic rings. The van der Waals surface area contributed by atoms with Gasteiger partial charge >= 0.3 is 0 Å². The molecule has 2 rings (SSSR count). The second-order valence-corrected chi connectivity index (χ2v) is 6.89. The Bertz CT molecular complexity index is 670. The van der Waals surface area contributed by atoms with Crippen molar-refractivity contribution in [2.24, 2.45) is 5.92 Å². The second-order valence-electron chi connectivity index (χ2n) is 6.03. The highest BCUT2D eigenvalue weighted by Gasteiger charge is 2.12. The van der Waals surface area contributed by atoms with Crippen molar-refractivity contribution >= 4 is 16.5 Å². The molecule has 0 aromatic carbocycles. The van der Waals surface area contributed by atoms with Crippen LogP contribution in [0.5, 0.6) is 0 Å². The van der Waals surface area contributed by atoms with E-state index in [2.05, 4.69) is 38.0 Å². The minimum Gasteiger partial charge on any atom is -0.359 e. The minimum atomic E-state index is 0.0464. The van der Waals surface area contributed by atoms with Gasteiger partial charge in [-0.1, -0.05) is 13.8 Å². The molecule has 114 valence electrons. The van der Waals surface area contributed by atoms with E-state index in [-0.39, 0.29) is 5.56 Å². The average molecular weight is 305 g/mol. The molecule has 0 saturated heterocycles. The Morgan fingerprint density at radius 3 is 2.62 bits per heavy atom. The summed E-state index contributed by atoms with van der Waals surface area (Å²) in [7, 11) is 0. The molecule has 0 atom stereocenters. The summed E-state index contributed by atoms with van der Waals surface area (Å²) in [5, 5.41) is 6.07. The summed E-state index contributed by atoms with van der Waals surface area (Å²) in [5.74, 6) is 0.435. The number of hydrogen-bond donors (Lipinski definition) is 1. The van der Waals surface area contributed by atoms with Gasteiger partial charge in [0.2, 0.25) is 0 Å². The normalized spacial score (nSPS) is 11.4. The summed E-state index contributed by atoms with van der Waals surface area (Å²) in [6, 6.07) is 4.20. The molecule has 21 heavy (non-hydrogen) atoms. The highest BCUT2D eigenvalue weighted by molar-refractivity contribution is 7.14. The summed E-state index contributed by atoms with van der Waals surface area (Å²) in [5.41, 5.74) is 2.47. The lowest BCUT2D eigenvalue weighted by atomic mass is 10.1. The van der Waals surface area contributed by atoms with Gasteiger partial charge in [-0.05, 0) is 38.8 Å². The van der Waals surface area contributed by atoms with Crippen molar-refractivity contribution in [1.82, 2.24) is 9.55 Å². The average Bonchev–Trinajstić information content (AvgIpc) is 2.81. The van der Waals surface area contributed by atoms with Gasteiger partial charge in [-0.25, -0.2) is 4.98 Å². The molecule has 2 aromatic heterocycles. The Hall–Kier alpha value is -1.62. The van der Waals surface area contributed by atoms with Crippen LogP contribution in [0.15, 0.2) is 22.3 Å². The Labute approximate surface area is 129 Å². The zero-order valence-corrected chi connectivity index (χ0v) is 14.1. The molecule has 0 saturated carbocycles. The maximum Gasteiger partial charge on any atom is 0.260 e. The van der Waals surface area contributed by atoms with E-state index < -0.39 is 0 Å². The smallest absolute Gasteiger partial charge is 0.260 e. The van der Waals surface area contributed by atoms with Gasteiger partial charge in [0.15, 0.2) is 5.13 Å². The molecule has 0 spiro atoms. The van der Waals surface area contributed by atoms with E-state index in [9.17, 15) is 4.79 Å². The SMILES string of the molecule is Cc1ccc(-c2csc(NC(C)C)n2)c(=O)n1CC(C)C. The fourth-order valence-corrected chi connectivity index (χ4v) is 3.03. The second kappa shape index (κ2) is 6.43. The topological polar surface area (TPSA) is 46.9 Å². The van der Waals surface area contributed by atoms with Crippen LogP contribution in [0.25, 0.3) is 11.3 Å². The van der Waals surface area contributed by atoms with E-state index >= 15 is 0 Å². The van der Waals surface area contributed by atoms with Crippen LogP contribution in [0.2, 0.25) is 0 Å². The van der Waals surface area contributed by atoms with Crippen molar-refractivity contribution in [3.8, 4) is 11.3 Å². The van der Waals surface area contributed by atoms with Gasteiger partial charge in [-0.2, -0.15) is 0 Å². The molecule has 0 aliphatic heterocycles. The molecule has 0 unspecified atom stereocenters. The van der Waals surface area contributed by atoms with Crippen molar-refractivity contribution in [2.45, 2.75) is 47.2 Å². The first-order valence-electron chi connectivity index (χ1n) is 7.31. The molecule has 2 heterocycles. The Morgan fingerprint density at radius 1 is 1.29 bits per heavy atom. The molecular formula is C16H23N3OS. The lowest BCUT2D eigenvalue weighted by Gasteiger charge is -2.13. The van der Waals surface area contributed by atoms with Gasteiger partial charge < -0.3 is 9.88 Å². The van der Waals surface area contributed by atoms with E-state index in [0.717, 1.165) is 23.1 Å². The number of aryl methyl sites for hydroxylation is 1. The number of nitrogens with one attached hydrogen (secondary N) is 1. The van der Waals surface area contributed by atoms with E-state index in [1.165, 1.54) is 11.3 Å². The first kappa shape index (κ1) is 15.8. The highest BCUT2D eigenvalue weighted by atomic mass is 32.1. The monoisotopic (exact) mass is 305 g/mol. The van der Waals surface area contributed by atoms with Crippen molar-refractivity contribution in [3.63, 3.8) is 0 Å². The van der Waals surface area contributed by atoms with Crippen molar-refractivity contribution < 1.29 is 0 Å². The van der Waals surface area contributed by atoms with Crippen LogP contribution in [0.3, 0.4) is 0 Å². The standard InChI is InChI=1S/C16H23N3OS/c1-10(2)8-19-12(5)6-7-13(15(19)20)14-9-21-16(18-14)17-11(3)4/h6-7,9-11H,8H2,1-5H3,(H,17,18). The number of anilines is 1. The lowest BCUT2D eigenvalue weighted by Crippen LogP contribution is -2.25. The largest absolute Gasteiger partial charge is 0.359 e. The predicted molar refractivity (Wildman–Crippen MR) is 90.1 cm³/mol. The number of rotatable bonds is 5. The summed E-state index contributed by atoms with van der Waals surface area (Å²) in [6.45, 7) is 11.1. The van der Waals surface area contributed by atoms with Crippen LogP contribution >= 0.6 is 11.3 Å². The van der Waals surface area contributed by atoms with Gasteiger partial charge in [0.25, 0.3) is 5.56 Å². The van der Waals surface area contributed by atoms with Gasteiger partial charge in [-0.15, -0.1) is 11.3 Å². The molecule has 1 N–H and O–H groups in total. The molecule has 0 amide bonds. The van der Waals surface area contributed by atoms with Gasteiger partial charge in [0.1, 0.15) is 0 Å². The van der Waals surface area contributed by atoms with Crippen LogP contribution < -0.4 is 10.9 Å². The third-order valence-corrected chi connectivity index (χ3v) is 3.91. The molecule has 0 fully saturated rings. The zero-order valence-electron chi connectivity index (χ0n) is 13.3. The Morgan fingerprint density at radius 2 is 2.00 bits per heavy atom. The van der Waals surface area contributed by atoms with Gasteiger partial charge in [0.05, 0.1) is 11.3 Å². The van der Waals surface area contributed by atoms with E-state index in [1.807, 2.05) is 29.0 Å². The van der Waals surface area contributed by atoms with Gasteiger partial charge in [-0.3, -0.25) is 4.79 Å². The third kappa shape index (κ3) is 3.73. The Kier molecular flexibility index (Phi) is 4.83. The molecule has 0 radical (unpaired) electrons. The Balaban J connectivity index is 2.40. The minimum absolute atomic E-state index is 0.0464. The molecular weight excluding hydrogens is 282 g/mol. The maximum atomic E-state index is 12.7. The van der Waals surface area contributed by atoms with Crippen molar-refractivity contribution in [3.05, 3.63) is 33.6 Å². The fourth-order valence-electron chi connectivity index (χ4n) is 2.17. The van der Waals surface area contributed by atoms with Crippen LogP contribution in [-0.2, 0) is 6.54 Å². The van der Waals surface area contributed by atoms with Crippen LogP contribution in [-0.4, -0.2) is 15.6 Å². The first-order valence-corrected chi connectivity index (χ1v) is 8.19. The van der Waals surface area contributed by atoms with Crippen molar-refractivity contribution in [1.29, 1.82) is 0 Å². The fraction of sp³-hybridized carbons (Fsp3) is 0.500.